The van der Waals surface area contributed by atoms with E-state index in [0.717, 1.165) is 33.9 Å². The predicted octanol–water partition coefficient (Wildman–Crippen LogP) is 2.51. The monoisotopic (exact) mass is 326 g/mol. The number of halogens is 1. The number of rotatable bonds is 3. The maximum absolute atomic E-state index is 10.1. The van der Waals surface area contributed by atoms with Gasteiger partial charge in [0.1, 0.15) is 17.5 Å². The molecule has 0 fully saturated rings. The Balaban J connectivity index is 1.89. The highest BCUT2D eigenvalue weighted by molar-refractivity contribution is 9.10. The molecule has 1 aromatic heterocycles. The summed E-state index contributed by atoms with van der Waals surface area (Å²) in [4.78, 5) is 0. The molecule has 1 aromatic carbocycles. The average molecular weight is 327 g/mol. The lowest BCUT2D eigenvalue weighted by atomic mass is 10.0. The molecule has 0 saturated heterocycles. The van der Waals surface area contributed by atoms with Crippen LogP contribution in [-0.4, -0.2) is 20.5 Å². The van der Waals surface area contributed by atoms with Gasteiger partial charge in [0.15, 0.2) is 0 Å². The molecule has 18 heavy (non-hydrogen) atoms. The minimum atomic E-state index is -0.633. The van der Waals surface area contributed by atoms with Crippen molar-refractivity contribution in [1.29, 1.82) is 0 Å². The molecular formula is C12H11BrN2O2S. The largest absolute Gasteiger partial charge is 0.493 e. The summed E-state index contributed by atoms with van der Waals surface area (Å²) in [6.45, 7) is 0.715. The second-order valence-corrected chi connectivity index (χ2v) is 5.68. The Morgan fingerprint density at radius 2 is 2.39 bits per heavy atom. The molecule has 0 spiro atoms. The summed E-state index contributed by atoms with van der Waals surface area (Å²) >= 11 is 4.60. The lowest BCUT2D eigenvalue weighted by Crippen LogP contribution is -2.03. The van der Waals surface area contributed by atoms with Crippen LogP contribution in [0.3, 0.4) is 0 Å². The van der Waals surface area contributed by atoms with E-state index in [2.05, 4.69) is 30.7 Å². The van der Waals surface area contributed by atoms with Crippen molar-refractivity contribution in [2.24, 2.45) is 0 Å². The van der Waals surface area contributed by atoms with E-state index in [0.29, 0.717) is 18.7 Å². The first-order chi connectivity index (χ1) is 8.74. The molecule has 3 rings (SSSR count). The van der Waals surface area contributed by atoms with E-state index in [1.165, 1.54) is 5.56 Å². The number of nitrogens with zero attached hydrogens (tertiary/aromatic N) is 2. The summed E-state index contributed by atoms with van der Waals surface area (Å²) in [5.74, 6) is 0.917. The third kappa shape index (κ3) is 2.28. The van der Waals surface area contributed by atoms with Gasteiger partial charge in [0.2, 0.25) is 0 Å². The minimum Gasteiger partial charge on any atom is -0.493 e. The highest BCUT2D eigenvalue weighted by atomic mass is 79.9. The molecule has 0 saturated carbocycles. The maximum atomic E-state index is 10.1. The quantitative estimate of drug-likeness (QED) is 0.941. The molecule has 2 aromatic rings. The zero-order chi connectivity index (χ0) is 12.5. The van der Waals surface area contributed by atoms with Crippen LogP contribution in [0.1, 0.15) is 22.9 Å². The number of fused-ring (bicyclic) bond motifs is 1. The smallest absolute Gasteiger partial charge is 0.125 e. The van der Waals surface area contributed by atoms with Crippen LogP contribution in [-0.2, 0) is 12.8 Å². The minimum absolute atomic E-state index is 0.493. The summed E-state index contributed by atoms with van der Waals surface area (Å²) < 4.78 is 14.6. The first kappa shape index (κ1) is 12.1. The number of hydrogen-bond donors (Lipinski definition) is 1. The Labute approximate surface area is 117 Å². The molecule has 0 amide bonds. The van der Waals surface area contributed by atoms with Gasteiger partial charge in [-0.15, -0.1) is 0 Å². The number of benzene rings is 1. The van der Waals surface area contributed by atoms with Crippen LogP contribution in [0.4, 0.5) is 0 Å². The third-order valence-electron chi connectivity index (χ3n) is 2.96. The summed E-state index contributed by atoms with van der Waals surface area (Å²) in [5.41, 5.74) is 2.83. The van der Waals surface area contributed by atoms with Crippen LogP contribution in [0.2, 0.25) is 0 Å². The number of aliphatic hydroxyl groups is 1. The zero-order valence-corrected chi connectivity index (χ0v) is 11.9. The Bertz CT molecular complexity index is 559. The molecular weight excluding hydrogens is 316 g/mol. The van der Waals surface area contributed by atoms with Gasteiger partial charge in [0.25, 0.3) is 0 Å². The van der Waals surface area contributed by atoms with Gasteiger partial charge >= 0.3 is 0 Å². The molecule has 1 aliphatic rings. The number of aromatic nitrogens is 2. The summed E-state index contributed by atoms with van der Waals surface area (Å²) in [5, 5.41) is 10.1. The van der Waals surface area contributed by atoms with Crippen LogP contribution in [0.25, 0.3) is 0 Å². The van der Waals surface area contributed by atoms with E-state index in [9.17, 15) is 5.11 Å². The molecule has 1 atom stereocenters. The topological polar surface area (TPSA) is 55.2 Å². The molecule has 0 aliphatic carbocycles. The third-order valence-corrected chi connectivity index (χ3v) is 3.91. The molecule has 1 unspecified atom stereocenters. The van der Waals surface area contributed by atoms with Crippen molar-refractivity contribution in [2.45, 2.75) is 18.9 Å². The Morgan fingerprint density at radius 1 is 1.50 bits per heavy atom. The van der Waals surface area contributed by atoms with Crippen LogP contribution in [0.15, 0.2) is 22.8 Å². The van der Waals surface area contributed by atoms with Gasteiger partial charge in [-0.25, -0.2) is 0 Å². The average Bonchev–Trinajstić information content (AvgIpc) is 2.98. The van der Waals surface area contributed by atoms with Gasteiger partial charge in [-0.1, -0.05) is 15.9 Å². The van der Waals surface area contributed by atoms with Gasteiger partial charge in [-0.05, 0) is 23.3 Å². The van der Waals surface area contributed by atoms with Crippen molar-refractivity contribution in [3.8, 4) is 5.75 Å². The Hall–Kier alpha value is -0.980. The first-order valence-electron chi connectivity index (χ1n) is 5.63. The van der Waals surface area contributed by atoms with Crippen molar-refractivity contribution in [3.63, 3.8) is 0 Å². The van der Waals surface area contributed by atoms with E-state index in [-0.39, 0.29) is 0 Å². The van der Waals surface area contributed by atoms with Gasteiger partial charge in [0.05, 0.1) is 24.5 Å². The molecule has 1 N–H and O–H groups in total. The highest BCUT2D eigenvalue weighted by Crippen LogP contribution is 2.35. The van der Waals surface area contributed by atoms with E-state index >= 15 is 0 Å². The van der Waals surface area contributed by atoms with Gasteiger partial charge < -0.3 is 9.84 Å². The normalized spacial score (nSPS) is 15.2. The van der Waals surface area contributed by atoms with Crippen LogP contribution in [0, 0.1) is 0 Å². The fraction of sp³-hybridized carbons (Fsp3) is 0.333. The standard InChI is InChI=1S/C12H11BrN2O2S/c13-9-3-7-1-2-17-12(7)8(4-9)5-11(16)10-6-14-18-15-10/h3-4,6,11,16H,1-2,5H2. The number of ether oxygens (including phenoxy) is 1. The summed E-state index contributed by atoms with van der Waals surface area (Å²) in [6, 6.07) is 4.07. The molecule has 4 nitrogen and oxygen atoms in total. The van der Waals surface area contributed by atoms with Crippen molar-refractivity contribution < 1.29 is 9.84 Å². The van der Waals surface area contributed by atoms with Gasteiger partial charge in [-0.2, -0.15) is 8.75 Å². The van der Waals surface area contributed by atoms with E-state index in [1.807, 2.05) is 6.07 Å². The summed E-state index contributed by atoms with van der Waals surface area (Å²) in [6.07, 6.45) is 2.39. The first-order valence-corrected chi connectivity index (χ1v) is 7.16. The van der Waals surface area contributed by atoms with Gasteiger partial charge in [0, 0.05) is 17.3 Å². The van der Waals surface area contributed by atoms with Crippen molar-refractivity contribution in [3.05, 3.63) is 39.6 Å². The van der Waals surface area contributed by atoms with Crippen LogP contribution >= 0.6 is 27.7 Å². The zero-order valence-electron chi connectivity index (χ0n) is 9.47. The van der Waals surface area contributed by atoms with Crippen molar-refractivity contribution >= 4 is 27.7 Å². The fourth-order valence-electron chi connectivity index (χ4n) is 2.13. The molecule has 0 bridgehead atoms. The van der Waals surface area contributed by atoms with Crippen molar-refractivity contribution in [1.82, 2.24) is 8.75 Å². The predicted molar refractivity (Wildman–Crippen MR) is 71.9 cm³/mol. The molecule has 2 heterocycles. The SMILES string of the molecule is OC(Cc1cc(Br)cc2c1OCC2)c1cnsn1. The van der Waals surface area contributed by atoms with E-state index in [1.54, 1.807) is 6.20 Å². The lowest BCUT2D eigenvalue weighted by molar-refractivity contribution is 0.173. The van der Waals surface area contributed by atoms with Crippen molar-refractivity contribution in [2.75, 3.05) is 6.61 Å². The highest BCUT2D eigenvalue weighted by Gasteiger charge is 2.20. The second-order valence-electron chi connectivity index (χ2n) is 4.20. The van der Waals surface area contributed by atoms with E-state index < -0.39 is 6.10 Å². The van der Waals surface area contributed by atoms with Crippen LogP contribution < -0.4 is 4.74 Å². The number of hydrogen-bond acceptors (Lipinski definition) is 5. The molecule has 94 valence electrons. The maximum Gasteiger partial charge on any atom is 0.125 e. The molecule has 0 radical (unpaired) electrons. The molecule has 6 heteroatoms. The van der Waals surface area contributed by atoms with E-state index in [4.69, 9.17) is 4.74 Å². The molecule has 1 aliphatic heterocycles. The second kappa shape index (κ2) is 4.95. The van der Waals surface area contributed by atoms with Crippen LogP contribution in [0.5, 0.6) is 5.75 Å². The fourth-order valence-corrected chi connectivity index (χ4v) is 3.15. The number of aliphatic hydroxyl groups excluding tert-OH is 1. The Kier molecular flexibility index (Phi) is 3.32. The van der Waals surface area contributed by atoms with Gasteiger partial charge in [-0.3, -0.25) is 0 Å². The Morgan fingerprint density at radius 3 is 3.17 bits per heavy atom. The summed E-state index contributed by atoms with van der Waals surface area (Å²) in [7, 11) is 0. The lowest BCUT2D eigenvalue weighted by Gasteiger charge is -2.12.